The van der Waals surface area contributed by atoms with Gasteiger partial charge in [-0.25, -0.2) is 13.1 Å². The molecule has 8 heteroatoms. The molecule has 0 saturated carbocycles. The smallest absolute Gasteiger partial charge is 0.169 e. The molecule has 84 valence electrons. The summed E-state index contributed by atoms with van der Waals surface area (Å²) in [6.07, 6.45) is 0.560. The zero-order valence-electron chi connectivity index (χ0n) is 8.17. The number of aromatic nitrogens is 4. The molecular weight excluding hydrogens is 240 g/mol. The van der Waals surface area contributed by atoms with Crippen LogP contribution in [0, 0.1) is 0 Å². The lowest BCUT2D eigenvalue weighted by atomic mass is 10.2. The summed E-state index contributed by atoms with van der Waals surface area (Å²) in [4.78, 5) is 0. The van der Waals surface area contributed by atoms with E-state index in [0.717, 1.165) is 0 Å². The van der Waals surface area contributed by atoms with Crippen LogP contribution in [-0.2, 0) is 9.84 Å². The second-order valence-electron chi connectivity index (χ2n) is 3.65. The standard InChI is InChI=1S/C7H11ClN4O2S/c1-5(8)7-9-10-11-12(7)6-2-3-15(13,14)4-6/h5-6H,2-4H2,1H3. The van der Waals surface area contributed by atoms with Crippen molar-refractivity contribution in [2.24, 2.45) is 0 Å². The molecule has 15 heavy (non-hydrogen) atoms. The van der Waals surface area contributed by atoms with Gasteiger partial charge in [-0.3, -0.25) is 0 Å². The number of hydrogen-bond acceptors (Lipinski definition) is 5. The Labute approximate surface area is 92.5 Å². The van der Waals surface area contributed by atoms with Gasteiger partial charge in [0.25, 0.3) is 0 Å². The highest BCUT2D eigenvalue weighted by Gasteiger charge is 2.32. The van der Waals surface area contributed by atoms with E-state index in [9.17, 15) is 8.42 Å². The van der Waals surface area contributed by atoms with Gasteiger partial charge < -0.3 is 0 Å². The number of hydrogen-bond donors (Lipinski definition) is 0. The SMILES string of the molecule is CC(Cl)c1nnnn1C1CCS(=O)(=O)C1. The molecule has 1 saturated heterocycles. The third-order valence-corrected chi connectivity index (χ3v) is 4.37. The van der Waals surface area contributed by atoms with E-state index in [1.807, 2.05) is 0 Å². The van der Waals surface area contributed by atoms with Crippen molar-refractivity contribution in [2.75, 3.05) is 11.5 Å². The highest BCUT2D eigenvalue weighted by atomic mass is 35.5. The quantitative estimate of drug-likeness (QED) is 0.707. The lowest BCUT2D eigenvalue weighted by molar-refractivity contribution is 0.467. The van der Waals surface area contributed by atoms with Gasteiger partial charge >= 0.3 is 0 Å². The minimum absolute atomic E-state index is 0.106. The van der Waals surface area contributed by atoms with Crippen molar-refractivity contribution in [2.45, 2.75) is 24.8 Å². The molecule has 2 rings (SSSR count). The van der Waals surface area contributed by atoms with E-state index in [-0.39, 0.29) is 22.9 Å². The van der Waals surface area contributed by atoms with Crippen LogP contribution < -0.4 is 0 Å². The summed E-state index contributed by atoms with van der Waals surface area (Å²) in [7, 11) is -2.92. The van der Waals surface area contributed by atoms with Crippen LogP contribution in [0.1, 0.15) is 30.6 Å². The first-order valence-corrected chi connectivity index (χ1v) is 6.87. The maximum absolute atomic E-state index is 11.3. The van der Waals surface area contributed by atoms with Gasteiger partial charge in [0.2, 0.25) is 0 Å². The Morgan fingerprint density at radius 2 is 2.33 bits per heavy atom. The Balaban J connectivity index is 2.28. The zero-order chi connectivity index (χ0) is 11.1. The second kappa shape index (κ2) is 3.71. The van der Waals surface area contributed by atoms with Gasteiger partial charge in [0.05, 0.1) is 22.9 Å². The Hall–Kier alpha value is -0.690. The minimum Gasteiger partial charge on any atom is -0.229 e. The second-order valence-corrected chi connectivity index (χ2v) is 6.54. The number of sulfone groups is 1. The molecule has 0 radical (unpaired) electrons. The topological polar surface area (TPSA) is 77.7 Å². The molecule has 1 aliphatic rings. The Kier molecular flexibility index (Phi) is 2.68. The molecule has 0 aliphatic carbocycles. The molecular formula is C7H11ClN4O2S. The first kappa shape index (κ1) is 10.8. The first-order chi connectivity index (χ1) is 6.99. The van der Waals surface area contributed by atoms with Gasteiger partial charge in [-0.15, -0.1) is 16.7 Å². The van der Waals surface area contributed by atoms with Crippen molar-refractivity contribution in [1.82, 2.24) is 20.2 Å². The predicted octanol–water partition coefficient (Wildman–Crippen LogP) is 0.333. The molecule has 2 unspecified atom stereocenters. The molecule has 1 fully saturated rings. The summed E-state index contributed by atoms with van der Waals surface area (Å²) in [6, 6.07) is -0.166. The summed E-state index contributed by atoms with van der Waals surface area (Å²) in [5.74, 6) is 0.834. The van der Waals surface area contributed by atoms with Crippen LogP contribution in [0.15, 0.2) is 0 Å². The van der Waals surface area contributed by atoms with E-state index >= 15 is 0 Å². The van der Waals surface area contributed by atoms with Gasteiger partial charge in [0.15, 0.2) is 15.7 Å². The third kappa shape index (κ3) is 2.12. The average Bonchev–Trinajstić information content (AvgIpc) is 2.69. The van der Waals surface area contributed by atoms with Crippen molar-refractivity contribution in [1.29, 1.82) is 0 Å². The fourth-order valence-electron chi connectivity index (χ4n) is 1.69. The van der Waals surface area contributed by atoms with Crippen LogP contribution in [0.25, 0.3) is 0 Å². The lowest BCUT2D eigenvalue weighted by Crippen LogP contribution is -2.15. The van der Waals surface area contributed by atoms with Crippen LogP contribution >= 0.6 is 11.6 Å². The molecule has 0 N–H and O–H groups in total. The Bertz CT molecular complexity index is 455. The van der Waals surface area contributed by atoms with Gasteiger partial charge in [-0.1, -0.05) is 0 Å². The molecule has 1 aliphatic heterocycles. The fraction of sp³-hybridized carbons (Fsp3) is 0.857. The number of halogens is 1. The number of nitrogens with zero attached hydrogens (tertiary/aromatic N) is 4. The van der Waals surface area contributed by atoms with Crippen molar-refractivity contribution in [3.05, 3.63) is 5.82 Å². The summed E-state index contributed by atoms with van der Waals surface area (Å²) >= 11 is 5.89. The molecule has 0 aromatic carbocycles. The van der Waals surface area contributed by atoms with E-state index in [0.29, 0.717) is 12.2 Å². The molecule has 0 spiro atoms. The maximum Gasteiger partial charge on any atom is 0.169 e. The Morgan fingerprint density at radius 3 is 2.87 bits per heavy atom. The fourth-order valence-corrected chi connectivity index (χ4v) is 3.53. The third-order valence-electron chi connectivity index (χ3n) is 2.43. The van der Waals surface area contributed by atoms with Crippen LogP contribution in [-0.4, -0.2) is 40.1 Å². The molecule has 2 atom stereocenters. The van der Waals surface area contributed by atoms with E-state index in [4.69, 9.17) is 11.6 Å². The minimum atomic E-state index is -2.92. The highest BCUT2D eigenvalue weighted by Crippen LogP contribution is 2.26. The molecule has 2 heterocycles. The number of rotatable bonds is 2. The average molecular weight is 251 g/mol. The number of tetrazole rings is 1. The molecule has 0 bridgehead atoms. The van der Waals surface area contributed by atoms with Crippen molar-refractivity contribution in [3.63, 3.8) is 0 Å². The highest BCUT2D eigenvalue weighted by molar-refractivity contribution is 7.91. The molecule has 6 nitrogen and oxygen atoms in total. The van der Waals surface area contributed by atoms with Crippen molar-refractivity contribution < 1.29 is 8.42 Å². The van der Waals surface area contributed by atoms with E-state index in [1.165, 1.54) is 4.68 Å². The summed E-state index contributed by atoms with van der Waals surface area (Å²) in [5.41, 5.74) is 0. The first-order valence-electron chi connectivity index (χ1n) is 4.62. The van der Waals surface area contributed by atoms with Crippen LogP contribution in [0.3, 0.4) is 0 Å². The van der Waals surface area contributed by atoms with Crippen molar-refractivity contribution in [3.8, 4) is 0 Å². The van der Waals surface area contributed by atoms with E-state index in [2.05, 4.69) is 15.5 Å². The van der Waals surface area contributed by atoms with E-state index in [1.54, 1.807) is 6.92 Å². The van der Waals surface area contributed by atoms with Gasteiger partial charge in [0, 0.05) is 0 Å². The summed E-state index contributed by atoms with van der Waals surface area (Å²) < 4.78 is 24.1. The molecule has 1 aromatic rings. The van der Waals surface area contributed by atoms with Gasteiger partial charge in [-0.05, 0) is 23.8 Å². The summed E-state index contributed by atoms with van der Waals surface area (Å²) in [6.45, 7) is 1.76. The largest absolute Gasteiger partial charge is 0.229 e. The zero-order valence-corrected chi connectivity index (χ0v) is 9.74. The summed E-state index contributed by atoms with van der Waals surface area (Å²) in [5, 5.41) is 10.8. The van der Waals surface area contributed by atoms with Crippen LogP contribution in [0.4, 0.5) is 0 Å². The lowest BCUT2D eigenvalue weighted by Gasteiger charge is -2.10. The van der Waals surface area contributed by atoms with Crippen LogP contribution in [0.2, 0.25) is 0 Å². The van der Waals surface area contributed by atoms with Crippen molar-refractivity contribution >= 4 is 21.4 Å². The van der Waals surface area contributed by atoms with Crippen LogP contribution in [0.5, 0.6) is 0 Å². The maximum atomic E-state index is 11.3. The monoisotopic (exact) mass is 250 g/mol. The predicted molar refractivity (Wildman–Crippen MR) is 54.4 cm³/mol. The Morgan fingerprint density at radius 1 is 1.60 bits per heavy atom. The van der Waals surface area contributed by atoms with E-state index < -0.39 is 9.84 Å². The molecule has 0 amide bonds. The molecule has 1 aromatic heterocycles. The normalized spacial score (nSPS) is 26.7. The van der Waals surface area contributed by atoms with Gasteiger partial charge in [-0.2, -0.15) is 0 Å². The number of alkyl halides is 1. The van der Waals surface area contributed by atoms with Gasteiger partial charge in [0.1, 0.15) is 0 Å².